The van der Waals surface area contributed by atoms with E-state index in [1.165, 1.54) is 110 Å². The van der Waals surface area contributed by atoms with E-state index < -0.39 is 0 Å². The molecule has 0 aromatic carbocycles. The Bertz CT molecular complexity index is 601. The summed E-state index contributed by atoms with van der Waals surface area (Å²) >= 11 is 10.8. The van der Waals surface area contributed by atoms with Gasteiger partial charge in [-0.25, -0.2) is 4.98 Å². The summed E-state index contributed by atoms with van der Waals surface area (Å²) in [5, 5.41) is 1.30. The van der Waals surface area contributed by atoms with Gasteiger partial charge >= 0.3 is 0 Å². The maximum absolute atomic E-state index is 4.79. The number of halogens is 2. The number of thiophene rings is 1. The molecule has 0 aliphatic rings. The molecular formula is C22H35Br2NS2. The SMILES string of the molecule is CCCCCCCCCCCCCCCCCc1nc2c(Br)sc(Br)c2s1. The first-order valence-corrected chi connectivity index (χ1v) is 14.2. The zero-order chi connectivity index (χ0) is 19.3. The lowest BCUT2D eigenvalue weighted by molar-refractivity contribution is 0.532. The second-order valence-electron chi connectivity index (χ2n) is 7.63. The Kier molecular flexibility index (Phi) is 12.8. The number of nitrogens with zero attached hydrogens (tertiary/aromatic N) is 1. The number of unbranched alkanes of at least 4 members (excludes halogenated alkanes) is 14. The van der Waals surface area contributed by atoms with Crippen LogP contribution in [0.3, 0.4) is 0 Å². The predicted octanol–water partition coefficient (Wildman–Crippen LogP) is 10.3. The Labute approximate surface area is 191 Å². The Morgan fingerprint density at radius 1 is 0.630 bits per heavy atom. The van der Waals surface area contributed by atoms with Crippen molar-refractivity contribution >= 4 is 64.8 Å². The molecule has 154 valence electrons. The van der Waals surface area contributed by atoms with Crippen molar-refractivity contribution in [2.45, 2.75) is 110 Å². The molecule has 0 saturated heterocycles. The molecule has 0 bridgehead atoms. The molecule has 1 nitrogen and oxygen atoms in total. The monoisotopic (exact) mass is 535 g/mol. The van der Waals surface area contributed by atoms with E-state index >= 15 is 0 Å². The third-order valence-corrected chi connectivity index (χ3v) is 9.23. The average Bonchev–Trinajstić information content (AvgIpc) is 3.19. The van der Waals surface area contributed by atoms with Gasteiger partial charge in [0.15, 0.2) is 0 Å². The number of hydrogen-bond donors (Lipinski definition) is 0. The second kappa shape index (κ2) is 14.5. The van der Waals surface area contributed by atoms with Crippen LogP contribution < -0.4 is 0 Å². The lowest BCUT2D eigenvalue weighted by atomic mass is 10.0. The van der Waals surface area contributed by atoms with E-state index in [9.17, 15) is 0 Å². The molecule has 0 saturated carbocycles. The number of rotatable bonds is 16. The van der Waals surface area contributed by atoms with E-state index in [2.05, 4.69) is 38.8 Å². The highest BCUT2D eigenvalue weighted by Gasteiger charge is 2.13. The molecule has 0 atom stereocenters. The van der Waals surface area contributed by atoms with Crippen LogP contribution in [-0.4, -0.2) is 4.98 Å². The van der Waals surface area contributed by atoms with Crippen LogP contribution in [0, 0.1) is 0 Å². The molecule has 0 fully saturated rings. The van der Waals surface area contributed by atoms with E-state index in [1.54, 1.807) is 11.3 Å². The number of aryl methyl sites for hydroxylation is 1. The molecule has 27 heavy (non-hydrogen) atoms. The minimum Gasteiger partial charge on any atom is -0.239 e. The van der Waals surface area contributed by atoms with Crippen molar-refractivity contribution in [3.8, 4) is 0 Å². The zero-order valence-electron chi connectivity index (χ0n) is 16.8. The van der Waals surface area contributed by atoms with E-state index in [1.807, 2.05) is 11.3 Å². The highest BCUT2D eigenvalue weighted by molar-refractivity contribution is 9.12. The normalized spacial score (nSPS) is 11.7. The van der Waals surface area contributed by atoms with Gasteiger partial charge in [-0.3, -0.25) is 0 Å². The summed E-state index contributed by atoms with van der Waals surface area (Å²) in [7, 11) is 0. The number of thiazole rings is 1. The van der Waals surface area contributed by atoms with Gasteiger partial charge in [0.2, 0.25) is 0 Å². The predicted molar refractivity (Wildman–Crippen MR) is 132 cm³/mol. The standard InChI is InChI=1S/C22H35Br2NS2/c1-2-3-4-5-6-7-8-9-10-11-12-13-14-15-16-17-18-25-19-20(26-18)22(24)27-21(19)23/h2-17H2,1H3. The van der Waals surface area contributed by atoms with Crippen molar-refractivity contribution in [3.05, 3.63) is 12.6 Å². The maximum atomic E-state index is 4.79. The minimum atomic E-state index is 1.14. The minimum absolute atomic E-state index is 1.14. The Balaban J connectivity index is 1.38. The summed E-state index contributed by atoms with van der Waals surface area (Å²) in [6.07, 6.45) is 22.5. The van der Waals surface area contributed by atoms with Crippen LogP contribution in [0.25, 0.3) is 10.2 Å². The third-order valence-electron chi connectivity index (χ3n) is 5.21. The molecule has 0 aliphatic carbocycles. The summed E-state index contributed by atoms with van der Waals surface area (Å²) in [5.74, 6) is 0. The van der Waals surface area contributed by atoms with Crippen LogP contribution in [0.2, 0.25) is 0 Å². The lowest BCUT2D eigenvalue weighted by Gasteiger charge is -2.03. The van der Waals surface area contributed by atoms with E-state index in [0.717, 1.165) is 15.7 Å². The first-order valence-electron chi connectivity index (χ1n) is 11.0. The lowest BCUT2D eigenvalue weighted by Crippen LogP contribution is -1.86. The van der Waals surface area contributed by atoms with Gasteiger partial charge in [-0.1, -0.05) is 96.8 Å². The van der Waals surface area contributed by atoms with Crippen molar-refractivity contribution in [3.63, 3.8) is 0 Å². The van der Waals surface area contributed by atoms with Gasteiger partial charge < -0.3 is 0 Å². The molecule has 0 unspecified atom stereocenters. The maximum Gasteiger partial charge on any atom is 0.108 e. The van der Waals surface area contributed by atoms with Crippen LogP contribution >= 0.6 is 54.5 Å². The quantitative estimate of drug-likeness (QED) is 0.194. The summed E-state index contributed by atoms with van der Waals surface area (Å²) in [4.78, 5) is 4.79. The molecule has 0 N–H and O–H groups in total. The molecule has 0 radical (unpaired) electrons. The molecule has 2 aromatic rings. The van der Waals surface area contributed by atoms with Gasteiger partial charge in [-0.2, -0.15) is 0 Å². The molecule has 2 rings (SSSR count). The topological polar surface area (TPSA) is 12.9 Å². The first-order chi connectivity index (χ1) is 13.2. The van der Waals surface area contributed by atoms with Crippen LogP contribution in [0.5, 0.6) is 0 Å². The Morgan fingerprint density at radius 2 is 1.11 bits per heavy atom. The van der Waals surface area contributed by atoms with E-state index in [-0.39, 0.29) is 0 Å². The highest BCUT2D eigenvalue weighted by Crippen LogP contribution is 2.42. The number of hydrogen-bond acceptors (Lipinski definition) is 3. The van der Waals surface area contributed by atoms with E-state index in [0.29, 0.717) is 0 Å². The zero-order valence-corrected chi connectivity index (χ0v) is 21.6. The van der Waals surface area contributed by atoms with Crippen LogP contribution in [0.1, 0.15) is 108 Å². The smallest absolute Gasteiger partial charge is 0.108 e. The largest absolute Gasteiger partial charge is 0.239 e. The van der Waals surface area contributed by atoms with E-state index in [4.69, 9.17) is 4.98 Å². The van der Waals surface area contributed by atoms with Crippen molar-refractivity contribution in [1.82, 2.24) is 4.98 Å². The molecule has 0 amide bonds. The van der Waals surface area contributed by atoms with Crippen LogP contribution in [-0.2, 0) is 6.42 Å². The van der Waals surface area contributed by atoms with Gasteiger partial charge in [-0.15, -0.1) is 22.7 Å². The molecule has 0 spiro atoms. The van der Waals surface area contributed by atoms with Gasteiger partial charge in [0, 0.05) is 0 Å². The number of fused-ring (bicyclic) bond motifs is 1. The molecule has 2 aromatic heterocycles. The van der Waals surface area contributed by atoms with Crippen molar-refractivity contribution in [1.29, 1.82) is 0 Å². The summed E-state index contributed by atoms with van der Waals surface area (Å²) in [5.41, 5.74) is 1.15. The Hall–Kier alpha value is 0.550. The average molecular weight is 537 g/mol. The summed E-state index contributed by atoms with van der Waals surface area (Å²) < 4.78 is 3.68. The molecule has 5 heteroatoms. The third kappa shape index (κ3) is 9.27. The fourth-order valence-corrected chi connectivity index (χ4v) is 7.88. The first kappa shape index (κ1) is 23.8. The van der Waals surface area contributed by atoms with Gasteiger partial charge in [0.25, 0.3) is 0 Å². The molecule has 2 heterocycles. The number of aromatic nitrogens is 1. The second-order valence-corrected chi connectivity index (χ2v) is 12.4. The summed E-state index contributed by atoms with van der Waals surface area (Å²) in [6.45, 7) is 2.29. The van der Waals surface area contributed by atoms with Crippen LogP contribution in [0.15, 0.2) is 7.57 Å². The molecular weight excluding hydrogens is 502 g/mol. The summed E-state index contributed by atoms with van der Waals surface area (Å²) in [6, 6.07) is 0. The highest BCUT2D eigenvalue weighted by atomic mass is 79.9. The Morgan fingerprint density at radius 3 is 1.59 bits per heavy atom. The fraction of sp³-hybridized carbons (Fsp3) is 0.773. The van der Waals surface area contributed by atoms with Crippen molar-refractivity contribution in [2.75, 3.05) is 0 Å². The van der Waals surface area contributed by atoms with Gasteiger partial charge in [-0.05, 0) is 44.7 Å². The van der Waals surface area contributed by atoms with Gasteiger partial charge in [0.1, 0.15) is 5.52 Å². The molecule has 0 aliphatic heterocycles. The van der Waals surface area contributed by atoms with Crippen LogP contribution in [0.4, 0.5) is 0 Å². The van der Waals surface area contributed by atoms with Crippen molar-refractivity contribution in [2.24, 2.45) is 0 Å². The fourth-order valence-electron chi connectivity index (χ4n) is 3.56. The van der Waals surface area contributed by atoms with Gasteiger partial charge in [0.05, 0.1) is 17.3 Å². The van der Waals surface area contributed by atoms with Crippen molar-refractivity contribution < 1.29 is 0 Å².